The van der Waals surface area contributed by atoms with Crippen molar-refractivity contribution in [2.24, 2.45) is 0 Å². The number of nitriles is 4. The molecule has 0 radical (unpaired) electrons. The third kappa shape index (κ3) is 7.66. The molecule has 3 heterocycles. The second-order valence-electron chi connectivity index (χ2n) is 18.5. The number of nitrogens with zero attached hydrogens (tertiary/aromatic N) is 9. The summed E-state index contributed by atoms with van der Waals surface area (Å²) in [6, 6.07) is 83.6. The number of rotatable bonds is 8. The number of hydrogen-bond acceptors (Lipinski definition) is 7. The highest BCUT2D eigenvalue weighted by molar-refractivity contribution is 6.15. The molecule has 76 heavy (non-hydrogen) atoms. The van der Waals surface area contributed by atoms with Crippen LogP contribution in [0.15, 0.2) is 224 Å². The molecule has 0 N–H and O–H groups in total. The van der Waals surface area contributed by atoms with Gasteiger partial charge in [-0.25, -0.2) is 15.0 Å². The fourth-order valence-corrected chi connectivity index (χ4v) is 10.6. The number of benzene rings is 10. The number of para-hydroxylation sites is 3. The van der Waals surface area contributed by atoms with E-state index < -0.39 is 0 Å². The highest BCUT2D eigenvalue weighted by atomic mass is 15.1. The van der Waals surface area contributed by atoms with Crippen LogP contribution in [0, 0.1) is 45.3 Å². The third-order valence-corrected chi connectivity index (χ3v) is 14.0. The van der Waals surface area contributed by atoms with Crippen molar-refractivity contribution in [3.8, 4) is 103 Å². The van der Waals surface area contributed by atoms with Gasteiger partial charge in [-0.2, -0.15) is 21.0 Å². The molecule has 0 aliphatic rings. The molecule has 0 aliphatic heterocycles. The predicted octanol–water partition coefficient (Wildman–Crippen LogP) is 15.6. The molecule has 13 rings (SSSR count). The molecule has 10 aromatic carbocycles. The standard InChI is InChI=1S/C67H37N9/c68-38-42-29-43(39-69)32-51(31-42)48-23-26-61-57(35-48)58-36-49(52-33-44(40-70)30-45(34-52)41-71)24-27-62(58)76(61)63-28-25-50(54-20-12-21-56-55-19-10-11-22-60(55)75(64(54)56)53-17-8-3-9-18-53)37-59(63)67-73-65(46-13-4-1-5-14-46)72-66(74-67)47-15-6-2-7-16-47/h1-37H. The van der Waals surface area contributed by atoms with Gasteiger partial charge in [-0.15, -0.1) is 0 Å². The Labute approximate surface area is 436 Å². The van der Waals surface area contributed by atoms with Crippen LogP contribution in [-0.4, -0.2) is 24.1 Å². The molecule has 0 saturated heterocycles. The molecule has 0 saturated carbocycles. The van der Waals surface area contributed by atoms with Crippen LogP contribution in [0.4, 0.5) is 0 Å². The Morgan fingerprint density at radius 3 is 1.29 bits per heavy atom. The van der Waals surface area contributed by atoms with E-state index >= 15 is 0 Å². The Hall–Kier alpha value is -11.2. The van der Waals surface area contributed by atoms with Crippen molar-refractivity contribution >= 4 is 43.6 Å². The maximum absolute atomic E-state index is 9.99. The zero-order valence-corrected chi connectivity index (χ0v) is 40.4. The number of hydrogen-bond donors (Lipinski definition) is 0. The summed E-state index contributed by atoms with van der Waals surface area (Å²) < 4.78 is 4.59. The van der Waals surface area contributed by atoms with E-state index in [0.717, 1.165) is 105 Å². The molecule has 9 nitrogen and oxygen atoms in total. The van der Waals surface area contributed by atoms with Crippen LogP contribution >= 0.6 is 0 Å². The van der Waals surface area contributed by atoms with Crippen LogP contribution in [0.3, 0.4) is 0 Å². The predicted molar refractivity (Wildman–Crippen MR) is 300 cm³/mol. The molecule has 0 atom stereocenters. The number of fused-ring (bicyclic) bond motifs is 6. The summed E-state index contributed by atoms with van der Waals surface area (Å²) in [7, 11) is 0. The topological polar surface area (TPSA) is 144 Å². The van der Waals surface area contributed by atoms with Crippen molar-refractivity contribution in [1.29, 1.82) is 21.0 Å². The molecule has 0 fully saturated rings. The second-order valence-corrected chi connectivity index (χ2v) is 18.5. The summed E-state index contributed by atoms with van der Waals surface area (Å²) in [4.78, 5) is 15.8. The average Bonchev–Trinajstić information content (AvgIpc) is 4.03. The van der Waals surface area contributed by atoms with E-state index in [1.807, 2.05) is 78.9 Å². The van der Waals surface area contributed by atoms with Crippen molar-refractivity contribution in [2.45, 2.75) is 0 Å². The van der Waals surface area contributed by atoms with Crippen LogP contribution in [0.2, 0.25) is 0 Å². The van der Waals surface area contributed by atoms with Gasteiger partial charge in [0.15, 0.2) is 17.5 Å². The molecule has 0 amide bonds. The molecule has 350 valence electrons. The fraction of sp³-hybridized carbons (Fsp3) is 0. The minimum atomic E-state index is 0.385. The van der Waals surface area contributed by atoms with E-state index in [-0.39, 0.29) is 0 Å². The third-order valence-electron chi connectivity index (χ3n) is 14.0. The van der Waals surface area contributed by atoms with E-state index in [9.17, 15) is 21.0 Å². The first-order valence-electron chi connectivity index (χ1n) is 24.6. The first-order valence-corrected chi connectivity index (χ1v) is 24.6. The van der Waals surface area contributed by atoms with Gasteiger partial charge in [0.2, 0.25) is 0 Å². The zero-order chi connectivity index (χ0) is 51.3. The summed E-state index contributed by atoms with van der Waals surface area (Å²) in [6.07, 6.45) is 0. The Kier molecular flexibility index (Phi) is 10.8. The SMILES string of the molecule is N#Cc1cc(C#N)cc(-c2ccc3c(c2)c2cc(-c4cc(C#N)cc(C#N)c4)ccc2n3-c2ccc(-c3cccc4c5ccccc5n(-c5ccccc5)c34)cc2-c2nc(-c3ccccc3)nc(-c3ccccc3)n2)c1. The van der Waals surface area contributed by atoms with Crippen molar-refractivity contribution in [2.75, 3.05) is 0 Å². The van der Waals surface area contributed by atoms with Gasteiger partial charge in [-0.05, 0) is 119 Å². The molecule has 0 spiro atoms. The largest absolute Gasteiger partial charge is 0.309 e. The van der Waals surface area contributed by atoms with Crippen molar-refractivity contribution in [3.05, 3.63) is 247 Å². The lowest BCUT2D eigenvalue weighted by molar-refractivity contribution is 1.06. The van der Waals surface area contributed by atoms with E-state index in [1.165, 1.54) is 0 Å². The lowest BCUT2D eigenvalue weighted by Crippen LogP contribution is -2.04. The lowest BCUT2D eigenvalue weighted by Gasteiger charge is -2.17. The van der Waals surface area contributed by atoms with Gasteiger partial charge in [0.25, 0.3) is 0 Å². The smallest absolute Gasteiger partial charge is 0.166 e. The van der Waals surface area contributed by atoms with Gasteiger partial charge in [0.05, 0.1) is 74.3 Å². The van der Waals surface area contributed by atoms with Crippen molar-refractivity contribution in [1.82, 2.24) is 24.1 Å². The van der Waals surface area contributed by atoms with E-state index in [2.05, 4.69) is 143 Å². The fourth-order valence-electron chi connectivity index (χ4n) is 10.6. The second kappa shape index (κ2) is 18.4. The lowest BCUT2D eigenvalue weighted by atomic mass is 9.97. The highest BCUT2D eigenvalue weighted by Gasteiger charge is 2.24. The van der Waals surface area contributed by atoms with Gasteiger partial charge < -0.3 is 9.13 Å². The zero-order valence-electron chi connectivity index (χ0n) is 40.4. The maximum Gasteiger partial charge on any atom is 0.166 e. The minimum Gasteiger partial charge on any atom is -0.309 e. The van der Waals surface area contributed by atoms with Crippen LogP contribution in [0.5, 0.6) is 0 Å². The van der Waals surface area contributed by atoms with Crippen molar-refractivity contribution < 1.29 is 0 Å². The summed E-state index contributed by atoms with van der Waals surface area (Å²) in [6.45, 7) is 0. The van der Waals surface area contributed by atoms with Gasteiger partial charge in [0, 0.05) is 49.5 Å². The highest BCUT2D eigenvalue weighted by Crippen LogP contribution is 2.44. The van der Waals surface area contributed by atoms with Gasteiger partial charge in [-0.1, -0.05) is 133 Å². The monoisotopic (exact) mass is 967 g/mol. The molecule has 0 unspecified atom stereocenters. The van der Waals surface area contributed by atoms with Crippen molar-refractivity contribution in [3.63, 3.8) is 0 Å². The Bertz CT molecular complexity index is 4420. The minimum absolute atomic E-state index is 0.385. The first-order chi connectivity index (χ1) is 37.5. The van der Waals surface area contributed by atoms with Gasteiger partial charge in [-0.3, -0.25) is 0 Å². The number of aromatic nitrogens is 5. The maximum atomic E-state index is 9.99. The van der Waals surface area contributed by atoms with E-state index in [1.54, 1.807) is 36.4 Å². The molecule has 3 aromatic heterocycles. The molecule has 13 aromatic rings. The van der Waals surface area contributed by atoms with Crippen LogP contribution < -0.4 is 0 Å². The van der Waals surface area contributed by atoms with Crippen LogP contribution in [0.25, 0.3) is 123 Å². The summed E-state index contributed by atoms with van der Waals surface area (Å²) >= 11 is 0. The Balaban J connectivity index is 1.13. The van der Waals surface area contributed by atoms with Crippen LogP contribution in [-0.2, 0) is 0 Å². The summed E-state index contributed by atoms with van der Waals surface area (Å²) in [5.74, 6) is 1.52. The summed E-state index contributed by atoms with van der Waals surface area (Å²) in [5, 5.41) is 44.0. The molecule has 0 bridgehead atoms. The quantitative estimate of drug-likeness (QED) is 0.147. The van der Waals surface area contributed by atoms with E-state index in [0.29, 0.717) is 39.7 Å². The Morgan fingerprint density at radius 1 is 0.289 bits per heavy atom. The normalized spacial score (nSPS) is 11.1. The van der Waals surface area contributed by atoms with Gasteiger partial charge in [0.1, 0.15) is 0 Å². The van der Waals surface area contributed by atoms with E-state index in [4.69, 9.17) is 15.0 Å². The molecule has 9 heteroatoms. The first kappa shape index (κ1) is 44.7. The summed E-state index contributed by atoms with van der Waals surface area (Å²) in [5.41, 5.74) is 14.8. The molecular formula is C67H37N9. The molecule has 0 aliphatic carbocycles. The average molecular weight is 968 g/mol. The molecular weight excluding hydrogens is 931 g/mol. The van der Waals surface area contributed by atoms with Crippen LogP contribution in [0.1, 0.15) is 22.3 Å². The Morgan fingerprint density at radius 2 is 0.750 bits per heavy atom. The van der Waals surface area contributed by atoms with Gasteiger partial charge >= 0.3 is 0 Å².